The molecule has 1 aromatic rings. The van der Waals surface area contributed by atoms with Gasteiger partial charge in [-0.2, -0.15) is 0 Å². The van der Waals surface area contributed by atoms with Gasteiger partial charge in [0.2, 0.25) is 6.41 Å². The smallest absolute Gasteiger partial charge is 0.207 e. The van der Waals surface area contributed by atoms with Crippen molar-refractivity contribution in [3.05, 3.63) is 29.6 Å². The molecular weight excluding hydrogens is 209 g/mol. The fraction of sp³-hybridized carbons (Fsp3) is 0.417. The van der Waals surface area contributed by atoms with E-state index in [4.69, 9.17) is 4.74 Å². The first-order valence-corrected chi connectivity index (χ1v) is 5.02. The van der Waals surface area contributed by atoms with Gasteiger partial charge in [0.1, 0.15) is 11.6 Å². The van der Waals surface area contributed by atoms with Crippen molar-refractivity contribution < 1.29 is 13.9 Å². The summed E-state index contributed by atoms with van der Waals surface area (Å²) in [7, 11) is 1.54. The topological polar surface area (TPSA) is 38.3 Å². The zero-order chi connectivity index (χ0) is 12.2. The van der Waals surface area contributed by atoms with Crippen molar-refractivity contribution in [2.75, 3.05) is 13.7 Å². The van der Waals surface area contributed by atoms with Crippen LogP contribution in [0, 0.1) is 5.82 Å². The van der Waals surface area contributed by atoms with Crippen LogP contribution in [0.5, 0.6) is 5.75 Å². The normalized spacial score (nSPS) is 11.0. The molecule has 0 unspecified atom stereocenters. The maximum atomic E-state index is 13.7. The highest BCUT2D eigenvalue weighted by Gasteiger charge is 2.24. The number of carbonyl (C=O) groups excluding carboxylic acids is 1. The van der Waals surface area contributed by atoms with Gasteiger partial charge in [-0.05, 0) is 23.8 Å². The zero-order valence-corrected chi connectivity index (χ0v) is 9.71. The Labute approximate surface area is 94.6 Å². The summed E-state index contributed by atoms with van der Waals surface area (Å²) in [5.41, 5.74) is 0.0562. The molecule has 1 amide bonds. The van der Waals surface area contributed by atoms with Crippen LogP contribution in [0.1, 0.15) is 19.4 Å². The minimum atomic E-state index is -0.473. The molecule has 0 heterocycles. The largest absolute Gasteiger partial charge is 0.497 e. The Kier molecular flexibility index (Phi) is 3.88. The molecule has 1 N–H and O–H groups in total. The molecule has 16 heavy (non-hydrogen) atoms. The first-order chi connectivity index (χ1) is 7.51. The third-order valence-electron chi connectivity index (χ3n) is 2.53. The van der Waals surface area contributed by atoms with Gasteiger partial charge in [-0.25, -0.2) is 4.39 Å². The number of rotatable bonds is 5. The Hall–Kier alpha value is -1.58. The second kappa shape index (κ2) is 4.96. The molecule has 0 saturated carbocycles. The fourth-order valence-electron chi connectivity index (χ4n) is 1.54. The Balaban J connectivity index is 3.04. The molecule has 0 spiro atoms. The first-order valence-electron chi connectivity index (χ1n) is 5.02. The summed E-state index contributed by atoms with van der Waals surface area (Å²) in [4.78, 5) is 10.3. The molecule has 0 fully saturated rings. The fourth-order valence-corrected chi connectivity index (χ4v) is 1.54. The van der Waals surface area contributed by atoms with E-state index in [9.17, 15) is 9.18 Å². The SMILES string of the molecule is COc1ccc(F)c(C(C)(C)CNC=O)c1. The van der Waals surface area contributed by atoms with Gasteiger partial charge in [0, 0.05) is 12.0 Å². The van der Waals surface area contributed by atoms with Crippen LogP contribution in [0.3, 0.4) is 0 Å². The highest BCUT2D eigenvalue weighted by molar-refractivity contribution is 5.46. The van der Waals surface area contributed by atoms with Crippen LogP contribution < -0.4 is 10.1 Å². The van der Waals surface area contributed by atoms with E-state index in [-0.39, 0.29) is 5.82 Å². The summed E-state index contributed by atoms with van der Waals surface area (Å²) >= 11 is 0. The average molecular weight is 225 g/mol. The zero-order valence-electron chi connectivity index (χ0n) is 9.71. The van der Waals surface area contributed by atoms with Crippen LogP contribution in [0.2, 0.25) is 0 Å². The summed E-state index contributed by atoms with van der Waals surface area (Å²) in [6, 6.07) is 4.60. The molecule has 4 heteroatoms. The van der Waals surface area contributed by atoms with E-state index < -0.39 is 5.41 Å². The minimum Gasteiger partial charge on any atom is -0.497 e. The van der Waals surface area contributed by atoms with Crippen LogP contribution >= 0.6 is 0 Å². The van der Waals surface area contributed by atoms with E-state index in [1.54, 1.807) is 12.1 Å². The van der Waals surface area contributed by atoms with Crippen molar-refractivity contribution >= 4 is 6.41 Å². The van der Waals surface area contributed by atoms with E-state index in [1.807, 2.05) is 13.8 Å². The van der Waals surface area contributed by atoms with Crippen LogP contribution in [0.25, 0.3) is 0 Å². The van der Waals surface area contributed by atoms with Crippen molar-refractivity contribution in [2.24, 2.45) is 0 Å². The van der Waals surface area contributed by atoms with E-state index >= 15 is 0 Å². The van der Waals surface area contributed by atoms with E-state index in [0.717, 1.165) is 0 Å². The van der Waals surface area contributed by atoms with Crippen LogP contribution in [0.15, 0.2) is 18.2 Å². The number of halogens is 1. The number of carbonyl (C=O) groups is 1. The standard InChI is InChI=1S/C12H16FNO2/c1-12(2,7-14-8-15)10-6-9(16-3)4-5-11(10)13/h4-6,8H,7H2,1-3H3,(H,14,15). The lowest BCUT2D eigenvalue weighted by molar-refractivity contribution is -0.109. The lowest BCUT2D eigenvalue weighted by atomic mass is 9.84. The van der Waals surface area contributed by atoms with Gasteiger partial charge in [-0.1, -0.05) is 13.8 Å². The first kappa shape index (κ1) is 12.5. The maximum Gasteiger partial charge on any atom is 0.207 e. The van der Waals surface area contributed by atoms with Gasteiger partial charge < -0.3 is 10.1 Å². The number of benzene rings is 1. The number of hydrogen-bond donors (Lipinski definition) is 1. The van der Waals surface area contributed by atoms with E-state index in [2.05, 4.69) is 5.32 Å². The van der Waals surface area contributed by atoms with Crippen LogP contribution in [-0.2, 0) is 10.2 Å². The summed E-state index contributed by atoms with van der Waals surface area (Å²) in [6.45, 7) is 4.10. The summed E-state index contributed by atoms with van der Waals surface area (Å²) < 4.78 is 18.7. The minimum absolute atomic E-state index is 0.293. The number of nitrogens with one attached hydrogen (secondary N) is 1. The molecule has 1 rings (SSSR count). The van der Waals surface area contributed by atoms with Gasteiger partial charge in [-0.3, -0.25) is 4.79 Å². The second-order valence-electron chi connectivity index (χ2n) is 4.23. The molecule has 1 aromatic carbocycles. The van der Waals surface area contributed by atoms with Gasteiger partial charge in [-0.15, -0.1) is 0 Å². The molecule has 3 nitrogen and oxygen atoms in total. The van der Waals surface area contributed by atoms with Crippen molar-refractivity contribution in [3.8, 4) is 5.75 Å². The monoisotopic (exact) mass is 225 g/mol. The predicted molar refractivity (Wildman–Crippen MR) is 60.0 cm³/mol. The van der Waals surface area contributed by atoms with E-state index in [0.29, 0.717) is 24.3 Å². The summed E-state index contributed by atoms with van der Waals surface area (Å²) in [5.74, 6) is 0.314. The second-order valence-corrected chi connectivity index (χ2v) is 4.23. The highest BCUT2D eigenvalue weighted by Crippen LogP contribution is 2.28. The Morgan fingerprint density at radius 3 is 2.75 bits per heavy atom. The third kappa shape index (κ3) is 2.72. The molecule has 88 valence electrons. The Morgan fingerprint density at radius 2 is 2.19 bits per heavy atom. The van der Waals surface area contributed by atoms with Crippen LogP contribution in [-0.4, -0.2) is 20.1 Å². The van der Waals surface area contributed by atoms with Crippen LogP contribution in [0.4, 0.5) is 4.39 Å². The predicted octanol–water partition coefficient (Wildman–Crippen LogP) is 1.86. The molecular formula is C12H16FNO2. The molecule has 0 aliphatic carbocycles. The van der Waals surface area contributed by atoms with Crippen molar-refractivity contribution in [1.29, 1.82) is 0 Å². The maximum absolute atomic E-state index is 13.7. The Morgan fingerprint density at radius 1 is 1.50 bits per heavy atom. The number of ether oxygens (including phenoxy) is 1. The lowest BCUT2D eigenvalue weighted by Gasteiger charge is -2.25. The van der Waals surface area contributed by atoms with Gasteiger partial charge >= 0.3 is 0 Å². The van der Waals surface area contributed by atoms with Gasteiger partial charge in [0.05, 0.1) is 7.11 Å². The summed E-state index contributed by atoms with van der Waals surface area (Å²) in [5, 5.41) is 2.56. The third-order valence-corrected chi connectivity index (χ3v) is 2.53. The number of methoxy groups -OCH3 is 1. The lowest BCUT2D eigenvalue weighted by Crippen LogP contribution is -2.33. The number of amides is 1. The molecule has 0 bridgehead atoms. The van der Waals surface area contributed by atoms with Crippen molar-refractivity contribution in [1.82, 2.24) is 5.32 Å². The molecule has 0 atom stereocenters. The quantitative estimate of drug-likeness (QED) is 0.777. The molecule has 0 saturated heterocycles. The Bertz CT molecular complexity index is 377. The van der Waals surface area contributed by atoms with Gasteiger partial charge in [0.15, 0.2) is 0 Å². The summed E-state index contributed by atoms with van der Waals surface area (Å²) in [6.07, 6.45) is 0.611. The average Bonchev–Trinajstić information content (AvgIpc) is 2.27. The molecule has 0 aliphatic heterocycles. The molecule has 0 aliphatic rings. The van der Waals surface area contributed by atoms with Crippen molar-refractivity contribution in [2.45, 2.75) is 19.3 Å². The molecule has 0 aromatic heterocycles. The highest BCUT2D eigenvalue weighted by atomic mass is 19.1. The van der Waals surface area contributed by atoms with E-state index in [1.165, 1.54) is 13.2 Å². The van der Waals surface area contributed by atoms with Gasteiger partial charge in [0.25, 0.3) is 0 Å². The van der Waals surface area contributed by atoms with Crippen molar-refractivity contribution in [3.63, 3.8) is 0 Å². The number of hydrogen-bond acceptors (Lipinski definition) is 2. The molecule has 0 radical (unpaired) electrons.